The van der Waals surface area contributed by atoms with Gasteiger partial charge in [0, 0.05) is 0 Å². The predicted molar refractivity (Wildman–Crippen MR) is 85.4 cm³/mol. The van der Waals surface area contributed by atoms with Gasteiger partial charge in [-0.05, 0) is 45.4 Å². The third-order valence-electron chi connectivity index (χ3n) is 3.07. The quantitative estimate of drug-likeness (QED) is 0.718. The van der Waals surface area contributed by atoms with E-state index in [2.05, 4.69) is 4.98 Å². The Morgan fingerprint density at radius 2 is 1.91 bits per heavy atom. The Kier molecular flexibility index (Phi) is 5.20. The molecule has 1 aromatic rings. The lowest BCUT2D eigenvalue weighted by Gasteiger charge is -2.37. The minimum atomic E-state index is -0.530. The van der Waals surface area contributed by atoms with Crippen LogP contribution in [0, 0.1) is 0 Å². The molecule has 0 aliphatic carbocycles. The summed E-state index contributed by atoms with van der Waals surface area (Å²) >= 11 is 11.9. The Morgan fingerprint density at radius 1 is 1.32 bits per heavy atom. The van der Waals surface area contributed by atoms with E-state index in [0.29, 0.717) is 23.4 Å². The van der Waals surface area contributed by atoms with E-state index in [1.165, 1.54) is 0 Å². The molecule has 0 aromatic carbocycles. The normalized spacial score (nSPS) is 22.5. The second-order valence-corrected chi connectivity index (χ2v) is 7.14. The van der Waals surface area contributed by atoms with Crippen molar-refractivity contribution >= 4 is 29.3 Å². The van der Waals surface area contributed by atoms with Crippen LogP contribution in [0.25, 0.3) is 0 Å². The van der Waals surface area contributed by atoms with Gasteiger partial charge in [-0.2, -0.15) is 0 Å². The smallest absolute Gasteiger partial charge is 0.410 e. The number of halogens is 2. The van der Waals surface area contributed by atoms with Gasteiger partial charge in [-0.25, -0.2) is 9.78 Å². The maximum absolute atomic E-state index is 12.3. The molecule has 7 heteroatoms. The van der Waals surface area contributed by atoms with Crippen molar-refractivity contribution in [2.24, 2.45) is 0 Å². The van der Waals surface area contributed by atoms with Gasteiger partial charge in [-0.1, -0.05) is 23.2 Å². The highest BCUT2D eigenvalue weighted by Crippen LogP contribution is 2.29. The van der Waals surface area contributed by atoms with Gasteiger partial charge in [0.05, 0.1) is 19.2 Å². The Hall–Kier alpha value is -1.04. The van der Waals surface area contributed by atoms with Gasteiger partial charge in [-0.3, -0.25) is 0 Å². The molecular weight excluding hydrogens is 327 g/mol. The van der Waals surface area contributed by atoms with Crippen molar-refractivity contribution in [1.29, 1.82) is 0 Å². The molecule has 2 heterocycles. The molecule has 1 aliphatic rings. The van der Waals surface area contributed by atoms with E-state index in [1.807, 2.05) is 27.7 Å². The summed E-state index contributed by atoms with van der Waals surface area (Å²) in [5, 5.41) is 0.598. The molecule has 2 atom stereocenters. The van der Waals surface area contributed by atoms with E-state index in [0.717, 1.165) is 5.56 Å². The van der Waals surface area contributed by atoms with Crippen LogP contribution in [-0.2, 0) is 9.47 Å². The summed E-state index contributed by atoms with van der Waals surface area (Å²) in [5.41, 5.74) is 0.266. The number of carbonyl (C=O) groups is 1. The zero-order valence-corrected chi connectivity index (χ0v) is 14.6. The zero-order valence-electron chi connectivity index (χ0n) is 13.1. The lowest BCUT2D eigenvalue weighted by molar-refractivity contribution is -0.0816. The van der Waals surface area contributed by atoms with Crippen LogP contribution in [-0.4, -0.2) is 40.8 Å². The molecule has 0 spiro atoms. The molecule has 0 radical (unpaired) electrons. The second kappa shape index (κ2) is 6.60. The first-order valence-corrected chi connectivity index (χ1v) is 7.86. The van der Waals surface area contributed by atoms with Gasteiger partial charge in [0.15, 0.2) is 0 Å². The Bertz CT molecular complexity index is 540. The first-order chi connectivity index (χ1) is 10.1. The molecule has 122 valence electrons. The lowest BCUT2D eigenvalue weighted by Crippen LogP contribution is -2.47. The summed E-state index contributed by atoms with van der Waals surface area (Å²) in [6.07, 6.45) is -0.773. The predicted octanol–water partition coefficient (Wildman–Crippen LogP) is 4.09. The van der Waals surface area contributed by atoms with Gasteiger partial charge in [0.25, 0.3) is 0 Å². The number of hydrogen-bond donors (Lipinski definition) is 0. The molecule has 1 saturated heterocycles. The lowest BCUT2D eigenvalue weighted by atomic mass is 10.1. The molecule has 2 rings (SSSR count). The number of aromatic nitrogens is 1. The first kappa shape index (κ1) is 17.3. The number of pyridine rings is 1. The third kappa shape index (κ3) is 4.73. The van der Waals surface area contributed by atoms with Crippen molar-refractivity contribution < 1.29 is 14.3 Å². The van der Waals surface area contributed by atoms with Crippen LogP contribution in [0.4, 0.5) is 4.79 Å². The number of morpholine rings is 1. The van der Waals surface area contributed by atoms with Gasteiger partial charge in [0.1, 0.15) is 22.0 Å². The molecule has 1 amide bonds. The van der Waals surface area contributed by atoms with Crippen LogP contribution in [0.1, 0.15) is 39.4 Å². The summed E-state index contributed by atoms with van der Waals surface area (Å²) < 4.78 is 11.3. The molecular formula is C15H20Cl2N2O3. The number of rotatable bonds is 1. The van der Waals surface area contributed by atoms with Gasteiger partial charge >= 0.3 is 6.09 Å². The highest BCUT2D eigenvalue weighted by molar-refractivity contribution is 6.32. The molecule has 0 unspecified atom stereocenters. The molecule has 0 N–H and O–H groups in total. The molecule has 1 aliphatic heterocycles. The van der Waals surface area contributed by atoms with E-state index in [-0.39, 0.29) is 18.3 Å². The Balaban J connectivity index is 2.15. The molecule has 0 saturated carbocycles. The Labute approximate surface area is 140 Å². The Morgan fingerprint density at radius 3 is 2.45 bits per heavy atom. The maximum Gasteiger partial charge on any atom is 0.410 e. The van der Waals surface area contributed by atoms with Gasteiger partial charge in [0.2, 0.25) is 0 Å². The van der Waals surface area contributed by atoms with E-state index in [4.69, 9.17) is 32.7 Å². The monoisotopic (exact) mass is 346 g/mol. The largest absolute Gasteiger partial charge is 0.444 e. The van der Waals surface area contributed by atoms with E-state index in [1.54, 1.807) is 17.0 Å². The number of ether oxygens (including phenoxy) is 2. The average Bonchev–Trinajstić information content (AvgIpc) is 2.34. The van der Waals surface area contributed by atoms with E-state index in [9.17, 15) is 4.79 Å². The molecule has 0 bridgehead atoms. The van der Waals surface area contributed by atoms with Crippen molar-refractivity contribution in [3.63, 3.8) is 0 Å². The van der Waals surface area contributed by atoms with Crippen LogP contribution in [0.3, 0.4) is 0 Å². The van der Waals surface area contributed by atoms with E-state index < -0.39 is 5.60 Å². The van der Waals surface area contributed by atoms with Crippen molar-refractivity contribution in [1.82, 2.24) is 9.88 Å². The van der Waals surface area contributed by atoms with Crippen LogP contribution in [0.15, 0.2) is 12.1 Å². The third-order valence-corrected chi connectivity index (χ3v) is 3.46. The van der Waals surface area contributed by atoms with Crippen molar-refractivity contribution in [3.05, 3.63) is 28.0 Å². The number of nitrogens with zero attached hydrogens (tertiary/aromatic N) is 2. The van der Waals surface area contributed by atoms with Crippen LogP contribution < -0.4 is 0 Å². The minimum Gasteiger partial charge on any atom is -0.444 e. The van der Waals surface area contributed by atoms with Crippen LogP contribution in [0.5, 0.6) is 0 Å². The fraction of sp³-hybridized carbons (Fsp3) is 0.600. The minimum absolute atomic E-state index is 0.114. The molecule has 1 aromatic heterocycles. The summed E-state index contributed by atoms with van der Waals surface area (Å²) in [4.78, 5) is 17.8. The topological polar surface area (TPSA) is 51.7 Å². The molecule has 5 nitrogen and oxygen atoms in total. The standard InChI is InChI=1S/C15H20Cl2N2O3/c1-9-7-19(14(20)22-15(2,3)4)8-11(21-9)10-5-12(16)18-13(17)6-10/h5-6,9,11H,7-8H2,1-4H3/t9-,11-/m0/s1. The summed E-state index contributed by atoms with van der Waals surface area (Å²) in [6.45, 7) is 8.31. The number of amides is 1. The highest BCUT2D eigenvalue weighted by Gasteiger charge is 2.32. The van der Waals surface area contributed by atoms with Gasteiger partial charge < -0.3 is 14.4 Å². The van der Waals surface area contributed by atoms with E-state index >= 15 is 0 Å². The summed E-state index contributed by atoms with van der Waals surface area (Å²) in [6, 6.07) is 3.40. The zero-order chi connectivity index (χ0) is 16.5. The molecule has 22 heavy (non-hydrogen) atoms. The van der Waals surface area contributed by atoms with Crippen molar-refractivity contribution in [3.8, 4) is 0 Å². The number of hydrogen-bond acceptors (Lipinski definition) is 4. The van der Waals surface area contributed by atoms with Crippen molar-refractivity contribution in [2.45, 2.75) is 45.5 Å². The first-order valence-electron chi connectivity index (χ1n) is 7.10. The van der Waals surface area contributed by atoms with Crippen molar-refractivity contribution in [2.75, 3.05) is 13.1 Å². The number of carbonyl (C=O) groups excluding carboxylic acids is 1. The SMILES string of the molecule is C[C@H]1CN(C(=O)OC(C)(C)C)C[C@@H](c2cc(Cl)nc(Cl)c2)O1. The fourth-order valence-electron chi connectivity index (χ4n) is 2.28. The van der Waals surface area contributed by atoms with Gasteiger partial charge in [-0.15, -0.1) is 0 Å². The highest BCUT2D eigenvalue weighted by atomic mass is 35.5. The molecule has 1 fully saturated rings. The second-order valence-electron chi connectivity index (χ2n) is 6.37. The average molecular weight is 347 g/mol. The fourth-order valence-corrected chi connectivity index (χ4v) is 2.76. The summed E-state index contributed by atoms with van der Waals surface area (Å²) in [5.74, 6) is 0. The van der Waals surface area contributed by atoms with Crippen LogP contribution >= 0.6 is 23.2 Å². The van der Waals surface area contributed by atoms with Crippen LogP contribution in [0.2, 0.25) is 10.3 Å². The summed E-state index contributed by atoms with van der Waals surface area (Å²) in [7, 11) is 0. The maximum atomic E-state index is 12.3.